The van der Waals surface area contributed by atoms with Crippen molar-refractivity contribution in [1.29, 1.82) is 0 Å². The van der Waals surface area contributed by atoms with Gasteiger partial charge in [-0.1, -0.05) is 12.1 Å². The van der Waals surface area contributed by atoms with E-state index in [1.165, 1.54) is 6.07 Å². The van der Waals surface area contributed by atoms with E-state index in [2.05, 4.69) is 4.98 Å². The predicted molar refractivity (Wildman–Crippen MR) is 75.9 cm³/mol. The summed E-state index contributed by atoms with van der Waals surface area (Å²) in [6.07, 6.45) is 0. The van der Waals surface area contributed by atoms with Crippen molar-refractivity contribution in [1.82, 2.24) is 4.98 Å². The third kappa shape index (κ3) is 2.90. The van der Waals surface area contributed by atoms with E-state index in [0.717, 1.165) is 17.1 Å². The average molecular weight is 259 g/mol. The zero-order chi connectivity index (χ0) is 13.8. The zero-order valence-electron chi connectivity index (χ0n) is 11.2. The molecule has 4 heteroatoms. The van der Waals surface area contributed by atoms with Gasteiger partial charge in [-0.2, -0.15) is 0 Å². The lowest BCUT2D eigenvalue weighted by molar-refractivity contribution is 0.625. The smallest absolute Gasteiger partial charge is 0.146 e. The number of nitrogens with two attached hydrogens (primary N) is 1. The molecular formula is C15H18FN3. The van der Waals surface area contributed by atoms with Gasteiger partial charge < -0.3 is 10.6 Å². The first kappa shape index (κ1) is 13.5. The highest BCUT2D eigenvalue weighted by Crippen LogP contribution is 2.26. The maximum absolute atomic E-state index is 13.9. The van der Waals surface area contributed by atoms with E-state index in [1.807, 2.05) is 36.9 Å². The van der Waals surface area contributed by atoms with Crippen LogP contribution in [-0.4, -0.2) is 11.5 Å². The second-order valence-corrected chi connectivity index (χ2v) is 4.37. The van der Waals surface area contributed by atoms with Crippen LogP contribution in [0, 0.1) is 12.7 Å². The van der Waals surface area contributed by atoms with Gasteiger partial charge in [-0.05, 0) is 43.7 Å². The third-order valence-corrected chi connectivity index (χ3v) is 2.97. The largest absolute Gasteiger partial charge is 0.326 e. The molecule has 0 saturated carbocycles. The van der Waals surface area contributed by atoms with Crippen LogP contribution in [0.5, 0.6) is 0 Å². The molecular weight excluding hydrogens is 241 g/mol. The van der Waals surface area contributed by atoms with E-state index >= 15 is 0 Å². The average Bonchev–Trinajstić information content (AvgIpc) is 2.41. The number of rotatable bonds is 4. The second kappa shape index (κ2) is 5.80. The van der Waals surface area contributed by atoms with E-state index in [1.54, 1.807) is 12.1 Å². The van der Waals surface area contributed by atoms with Gasteiger partial charge in [0.15, 0.2) is 0 Å². The fraction of sp³-hybridized carbons (Fsp3) is 0.267. The first-order chi connectivity index (χ1) is 9.15. The molecule has 2 N–H and O–H groups in total. The van der Waals surface area contributed by atoms with Crippen molar-refractivity contribution in [2.45, 2.75) is 20.4 Å². The molecule has 19 heavy (non-hydrogen) atoms. The van der Waals surface area contributed by atoms with Gasteiger partial charge in [-0.15, -0.1) is 0 Å². The van der Waals surface area contributed by atoms with Gasteiger partial charge in [0.05, 0.1) is 5.69 Å². The van der Waals surface area contributed by atoms with Crippen LogP contribution < -0.4 is 10.6 Å². The van der Waals surface area contributed by atoms with Crippen molar-refractivity contribution in [2.75, 3.05) is 11.4 Å². The van der Waals surface area contributed by atoms with Gasteiger partial charge in [0, 0.05) is 18.8 Å². The minimum absolute atomic E-state index is 0.248. The minimum Gasteiger partial charge on any atom is -0.326 e. The Morgan fingerprint density at radius 3 is 2.63 bits per heavy atom. The Hall–Kier alpha value is -1.94. The molecule has 0 aliphatic carbocycles. The normalized spacial score (nSPS) is 10.5. The lowest BCUT2D eigenvalue weighted by atomic mass is 10.2. The standard InChI is InChI=1S/C15H18FN3/c1-3-19(14-7-5-4-6-13(14)16)15-9-12(10-17)8-11(2)18-15/h4-9H,3,10,17H2,1-2H3. The van der Waals surface area contributed by atoms with Gasteiger partial charge >= 0.3 is 0 Å². The second-order valence-electron chi connectivity index (χ2n) is 4.37. The Morgan fingerprint density at radius 1 is 1.26 bits per heavy atom. The summed E-state index contributed by atoms with van der Waals surface area (Å²) < 4.78 is 13.9. The number of halogens is 1. The Bertz CT molecular complexity index is 569. The van der Waals surface area contributed by atoms with E-state index in [0.29, 0.717) is 18.8 Å². The van der Waals surface area contributed by atoms with Crippen LogP contribution in [0.25, 0.3) is 0 Å². The Labute approximate surface area is 112 Å². The summed E-state index contributed by atoms with van der Waals surface area (Å²) in [7, 11) is 0. The molecule has 0 bridgehead atoms. The SMILES string of the molecule is CCN(c1cc(CN)cc(C)n1)c1ccccc1F. The summed E-state index contributed by atoms with van der Waals surface area (Å²) in [4.78, 5) is 6.32. The van der Waals surface area contributed by atoms with E-state index < -0.39 is 0 Å². The molecule has 0 spiro atoms. The molecule has 1 aromatic carbocycles. The molecule has 0 unspecified atom stereocenters. The molecule has 2 rings (SSSR count). The molecule has 1 aromatic heterocycles. The fourth-order valence-electron chi connectivity index (χ4n) is 2.10. The number of hydrogen-bond donors (Lipinski definition) is 1. The maximum Gasteiger partial charge on any atom is 0.146 e. The number of nitrogens with zero attached hydrogens (tertiary/aromatic N) is 2. The van der Waals surface area contributed by atoms with Gasteiger partial charge in [0.1, 0.15) is 11.6 Å². The summed E-state index contributed by atoms with van der Waals surface area (Å²) >= 11 is 0. The molecule has 0 atom stereocenters. The van der Waals surface area contributed by atoms with Crippen molar-refractivity contribution in [3.05, 3.63) is 53.5 Å². The Kier molecular flexibility index (Phi) is 4.12. The lowest BCUT2D eigenvalue weighted by Gasteiger charge is -2.23. The molecule has 0 aliphatic heterocycles. The predicted octanol–water partition coefficient (Wildman–Crippen LogP) is 3.15. The lowest BCUT2D eigenvalue weighted by Crippen LogP contribution is -2.19. The van der Waals surface area contributed by atoms with Crippen LogP contribution >= 0.6 is 0 Å². The van der Waals surface area contributed by atoms with Crippen molar-refractivity contribution >= 4 is 11.5 Å². The van der Waals surface area contributed by atoms with E-state index in [9.17, 15) is 4.39 Å². The number of aryl methyl sites for hydroxylation is 1. The number of benzene rings is 1. The highest BCUT2D eigenvalue weighted by Gasteiger charge is 2.13. The van der Waals surface area contributed by atoms with Crippen LogP contribution in [-0.2, 0) is 6.54 Å². The van der Waals surface area contributed by atoms with Crippen LogP contribution in [0.1, 0.15) is 18.2 Å². The molecule has 3 nitrogen and oxygen atoms in total. The molecule has 2 aromatic rings. The van der Waals surface area contributed by atoms with E-state index in [4.69, 9.17) is 5.73 Å². The summed E-state index contributed by atoms with van der Waals surface area (Å²) in [5.41, 5.74) is 8.09. The highest BCUT2D eigenvalue weighted by atomic mass is 19.1. The Morgan fingerprint density at radius 2 is 2.00 bits per heavy atom. The molecule has 0 fully saturated rings. The first-order valence-corrected chi connectivity index (χ1v) is 6.35. The van der Waals surface area contributed by atoms with Gasteiger partial charge in [0.2, 0.25) is 0 Å². The monoisotopic (exact) mass is 259 g/mol. The van der Waals surface area contributed by atoms with Crippen molar-refractivity contribution in [2.24, 2.45) is 5.73 Å². The van der Waals surface area contributed by atoms with Gasteiger partial charge in [-0.3, -0.25) is 0 Å². The topological polar surface area (TPSA) is 42.1 Å². The van der Waals surface area contributed by atoms with Crippen LogP contribution in [0.15, 0.2) is 36.4 Å². The molecule has 0 radical (unpaired) electrons. The number of aromatic nitrogens is 1. The van der Waals surface area contributed by atoms with Crippen LogP contribution in [0.2, 0.25) is 0 Å². The van der Waals surface area contributed by atoms with Crippen molar-refractivity contribution in [3.8, 4) is 0 Å². The summed E-state index contributed by atoms with van der Waals surface area (Å²) in [5.74, 6) is 0.481. The molecule has 0 amide bonds. The quantitative estimate of drug-likeness (QED) is 0.917. The number of pyridine rings is 1. The summed E-state index contributed by atoms with van der Waals surface area (Å²) in [6, 6.07) is 10.6. The van der Waals surface area contributed by atoms with Crippen molar-refractivity contribution < 1.29 is 4.39 Å². The molecule has 0 aliphatic rings. The van der Waals surface area contributed by atoms with Gasteiger partial charge in [-0.25, -0.2) is 9.37 Å². The maximum atomic E-state index is 13.9. The molecule has 1 heterocycles. The van der Waals surface area contributed by atoms with E-state index in [-0.39, 0.29) is 5.82 Å². The van der Waals surface area contributed by atoms with Crippen LogP contribution in [0.3, 0.4) is 0 Å². The first-order valence-electron chi connectivity index (χ1n) is 6.35. The number of hydrogen-bond acceptors (Lipinski definition) is 3. The fourth-order valence-corrected chi connectivity index (χ4v) is 2.10. The Balaban J connectivity index is 2.48. The highest BCUT2D eigenvalue weighted by molar-refractivity contribution is 5.61. The molecule has 0 saturated heterocycles. The van der Waals surface area contributed by atoms with Crippen LogP contribution in [0.4, 0.5) is 15.9 Å². The van der Waals surface area contributed by atoms with Gasteiger partial charge in [0.25, 0.3) is 0 Å². The number of anilines is 2. The summed E-state index contributed by atoms with van der Waals surface area (Å²) in [6.45, 7) is 4.98. The van der Waals surface area contributed by atoms with Crippen molar-refractivity contribution in [3.63, 3.8) is 0 Å². The number of para-hydroxylation sites is 1. The minimum atomic E-state index is -0.248. The zero-order valence-corrected chi connectivity index (χ0v) is 11.2. The third-order valence-electron chi connectivity index (χ3n) is 2.97. The molecule has 100 valence electrons. The summed E-state index contributed by atoms with van der Waals surface area (Å²) in [5, 5.41) is 0.